The average molecular weight is 423 g/mol. The molecule has 2 N–H and O–H groups in total. The fourth-order valence-corrected chi connectivity index (χ4v) is 3.96. The van der Waals surface area contributed by atoms with Crippen LogP contribution in [0.25, 0.3) is 0 Å². The molecule has 8 heteroatoms. The van der Waals surface area contributed by atoms with Crippen molar-refractivity contribution in [2.75, 3.05) is 32.1 Å². The second-order valence-corrected chi connectivity index (χ2v) is 7.61. The van der Waals surface area contributed by atoms with Crippen molar-refractivity contribution in [2.45, 2.75) is 12.5 Å². The van der Waals surface area contributed by atoms with Crippen molar-refractivity contribution in [1.82, 2.24) is 4.90 Å². The molecule has 0 bridgehead atoms. The van der Waals surface area contributed by atoms with Gasteiger partial charge < -0.3 is 20.1 Å². The highest BCUT2D eigenvalue weighted by atomic mass is 35.5. The Kier molecular flexibility index (Phi) is 6.57. The number of carbonyl (C=O) groups is 2. The Hall–Kier alpha value is -2.12. The first-order valence-electron chi connectivity index (χ1n) is 8.69. The minimum atomic E-state index is -1.12. The molecule has 148 valence electrons. The third kappa shape index (κ3) is 5.02. The van der Waals surface area contributed by atoms with Crippen molar-refractivity contribution in [1.29, 1.82) is 0 Å². The molecule has 2 aromatic carbocycles. The number of hydrogen-bond acceptors (Lipinski definition) is 4. The number of likely N-dealkylation sites (N-methyl/N-ethyl adjacent to an activating group) is 1. The lowest BCUT2D eigenvalue weighted by molar-refractivity contribution is -0.143. The lowest BCUT2D eigenvalue weighted by Gasteiger charge is -2.33. The van der Waals surface area contributed by atoms with Crippen molar-refractivity contribution in [2.24, 2.45) is 0 Å². The Morgan fingerprint density at radius 2 is 2.04 bits per heavy atom. The molecule has 0 aromatic heterocycles. The van der Waals surface area contributed by atoms with Gasteiger partial charge in [0.25, 0.3) is 0 Å². The summed E-state index contributed by atoms with van der Waals surface area (Å²) in [5, 5.41) is 12.5. The fraction of sp³-hybridized carbons (Fsp3) is 0.300. The van der Waals surface area contributed by atoms with E-state index in [1.807, 2.05) is 31.3 Å². The lowest BCUT2D eigenvalue weighted by Crippen LogP contribution is -2.31. The topological polar surface area (TPSA) is 78.9 Å². The Morgan fingerprint density at radius 3 is 2.79 bits per heavy atom. The molecule has 1 amide bonds. The Balaban J connectivity index is 1.81. The molecule has 2 aromatic rings. The zero-order chi connectivity index (χ0) is 20.3. The van der Waals surface area contributed by atoms with E-state index < -0.39 is 18.5 Å². The third-order valence-corrected chi connectivity index (χ3v) is 5.08. The first-order valence-corrected chi connectivity index (χ1v) is 9.45. The highest BCUT2D eigenvalue weighted by Gasteiger charge is 2.27. The second-order valence-electron chi connectivity index (χ2n) is 6.76. The summed E-state index contributed by atoms with van der Waals surface area (Å²) in [5.41, 5.74) is 3.78. The number of nitrogens with zero attached hydrogens (tertiary/aromatic N) is 1. The van der Waals surface area contributed by atoms with E-state index in [1.54, 1.807) is 12.1 Å². The van der Waals surface area contributed by atoms with Crippen LogP contribution in [0, 0.1) is 0 Å². The number of amides is 1. The van der Waals surface area contributed by atoms with Crippen LogP contribution in [-0.4, -0.2) is 48.7 Å². The van der Waals surface area contributed by atoms with Gasteiger partial charge >= 0.3 is 5.97 Å². The van der Waals surface area contributed by atoms with Gasteiger partial charge in [-0.15, -0.1) is 0 Å². The zero-order valence-electron chi connectivity index (χ0n) is 15.2. The Labute approximate surface area is 173 Å². The van der Waals surface area contributed by atoms with E-state index in [9.17, 15) is 9.59 Å². The number of hydrogen-bond donors (Lipinski definition) is 2. The van der Waals surface area contributed by atoms with Gasteiger partial charge in [-0.3, -0.25) is 4.79 Å². The number of anilines is 1. The van der Waals surface area contributed by atoms with Crippen LogP contribution in [0.4, 0.5) is 5.69 Å². The number of carbonyl (C=O) groups excluding carboxylic acids is 1. The summed E-state index contributed by atoms with van der Waals surface area (Å²) >= 11 is 12.6. The number of halogens is 2. The molecule has 0 saturated carbocycles. The molecule has 28 heavy (non-hydrogen) atoms. The molecular weight excluding hydrogens is 403 g/mol. The lowest BCUT2D eigenvalue weighted by atomic mass is 9.84. The van der Waals surface area contributed by atoms with Crippen LogP contribution in [0.5, 0.6) is 0 Å². The SMILES string of the molecule is CN1Cc2c(Cl)cc(Cl)cc2C(c2cccc(NC(=O)COCC(=O)O)c2)C1. The van der Waals surface area contributed by atoms with Crippen molar-refractivity contribution in [3.8, 4) is 0 Å². The largest absolute Gasteiger partial charge is 0.480 e. The van der Waals surface area contributed by atoms with Crippen LogP contribution in [0.1, 0.15) is 22.6 Å². The maximum absolute atomic E-state index is 11.9. The van der Waals surface area contributed by atoms with E-state index in [0.29, 0.717) is 15.7 Å². The Bertz CT molecular complexity index is 904. The van der Waals surface area contributed by atoms with Gasteiger partial charge in [-0.2, -0.15) is 0 Å². The molecule has 1 atom stereocenters. The van der Waals surface area contributed by atoms with Crippen molar-refractivity contribution < 1.29 is 19.4 Å². The third-order valence-electron chi connectivity index (χ3n) is 4.52. The molecule has 1 aliphatic rings. The van der Waals surface area contributed by atoms with Crippen LogP contribution in [0.15, 0.2) is 36.4 Å². The van der Waals surface area contributed by atoms with Crippen LogP contribution < -0.4 is 5.32 Å². The number of rotatable bonds is 6. The first kappa shape index (κ1) is 20.6. The molecular formula is C20H20Cl2N2O4. The molecule has 0 radical (unpaired) electrons. The van der Waals surface area contributed by atoms with Gasteiger partial charge in [0.2, 0.25) is 5.91 Å². The van der Waals surface area contributed by atoms with Gasteiger partial charge in [-0.05, 0) is 48.0 Å². The molecule has 0 saturated heterocycles. The molecule has 3 rings (SSSR count). The Morgan fingerprint density at radius 1 is 1.25 bits per heavy atom. The van der Waals surface area contributed by atoms with Gasteiger partial charge in [-0.25, -0.2) is 4.79 Å². The van der Waals surface area contributed by atoms with E-state index >= 15 is 0 Å². The summed E-state index contributed by atoms with van der Waals surface area (Å²) < 4.78 is 4.81. The zero-order valence-corrected chi connectivity index (χ0v) is 16.8. The smallest absolute Gasteiger partial charge is 0.329 e. The summed E-state index contributed by atoms with van der Waals surface area (Å²) in [7, 11) is 2.03. The quantitative estimate of drug-likeness (QED) is 0.742. The predicted octanol–water partition coefficient (Wildman–Crippen LogP) is 3.61. The van der Waals surface area contributed by atoms with E-state index in [2.05, 4.69) is 10.2 Å². The van der Waals surface area contributed by atoms with Crippen LogP contribution in [-0.2, 0) is 20.9 Å². The molecule has 1 aliphatic heterocycles. The number of fused-ring (bicyclic) bond motifs is 1. The van der Waals surface area contributed by atoms with Crippen LogP contribution in [0.3, 0.4) is 0 Å². The second kappa shape index (κ2) is 8.92. The fourth-order valence-electron chi connectivity index (χ4n) is 3.39. The van der Waals surface area contributed by atoms with E-state index in [-0.39, 0.29) is 12.5 Å². The summed E-state index contributed by atoms with van der Waals surface area (Å²) in [6, 6.07) is 11.2. The van der Waals surface area contributed by atoms with Gasteiger partial charge in [0, 0.05) is 34.7 Å². The summed E-state index contributed by atoms with van der Waals surface area (Å²) in [4.78, 5) is 24.6. The number of aliphatic carboxylic acids is 1. The molecule has 0 fully saturated rings. The minimum absolute atomic E-state index is 0.0602. The average Bonchev–Trinajstić information content (AvgIpc) is 2.61. The monoisotopic (exact) mass is 422 g/mol. The number of nitrogens with one attached hydrogen (secondary N) is 1. The number of carboxylic acids is 1. The van der Waals surface area contributed by atoms with Crippen LogP contribution in [0.2, 0.25) is 10.0 Å². The van der Waals surface area contributed by atoms with Crippen molar-refractivity contribution in [3.05, 3.63) is 63.1 Å². The van der Waals surface area contributed by atoms with Gasteiger partial charge in [0.1, 0.15) is 13.2 Å². The normalized spacial score (nSPS) is 16.5. The van der Waals surface area contributed by atoms with Gasteiger partial charge in [0.15, 0.2) is 0 Å². The van der Waals surface area contributed by atoms with Gasteiger partial charge in [-0.1, -0.05) is 35.3 Å². The van der Waals surface area contributed by atoms with E-state index in [4.69, 9.17) is 33.0 Å². The highest BCUT2D eigenvalue weighted by molar-refractivity contribution is 6.35. The van der Waals surface area contributed by atoms with Crippen molar-refractivity contribution >= 4 is 40.8 Å². The number of carboxylic acid groups (broad SMARTS) is 1. The van der Waals surface area contributed by atoms with Crippen LogP contribution >= 0.6 is 23.2 Å². The first-order chi connectivity index (χ1) is 13.3. The summed E-state index contributed by atoms with van der Waals surface area (Å²) in [6.45, 7) is 0.707. The number of benzene rings is 2. The predicted molar refractivity (Wildman–Crippen MR) is 108 cm³/mol. The standard InChI is InChI=1S/C20H20Cl2N2O4/c1-24-8-16(15-6-13(21)7-18(22)17(15)9-24)12-3-2-4-14(5-12)23-19(25)10-28-11-20(26)27/h2-7,16H,8-11H2,1H3,(H,23,25)(H,26,27). The van der Waals surface area contributed by atoms with E-state index in [1.165, 1.54) is 0 Å². The maximum atomic E-state index is 11.9. The van der Waals surface area contributed by atoms with Gasteiger partial charge in [0.05, 0.1) is 0 Å². The molecule has 0 aliphatic carbocycles. The summed E-state index contributed by atoms with van der Waals surface area (Å²) in [5.74, 6) is -1.47. The molecule has 1 unspecified atom stereocenters. The number of ether oxygens (including phenoxy) is 1. The van der Waals surface area contributed by atoms with E-state index in [0.717, 1.165) is 29.8 Å². The molecule has 1 heterocycles. The maximum Gasteiger partial charge on any atom is 0.329 e. The highest BCUT2D eigenvalue weighted by Crippen LogP contribution is 2.38. The van der Waals surface area contributed by atoms with Crippen molar-refractivity contribution in [3.63, 3.8) is 0 Å². The molecule has 0 spiro atoms. The molecule has 6 nitrogen and oxygen atoms in total. The minimum Gasteiger partial charge on any atom is -0.480 e. The summed E-state index contributed by atoms with van der Waals surface area (Å²) in [6.07, 6.45) is 0.